The van der Waals surface area contributed by atoms with Crippen LogP contribution in [0.2, 0.25) is 0 Å². The van der Waals surface area contributed by atoms with Crippen LogP contribution in [0.5, 0.6) is 11.5 Å². The van der Waals surface area contributed by atoms with Crippen LogP contribution in [0.25, 0.3) is 11.4 Å². The minimum Gasteiger partial charge on any atom is -0.454 e. The second-order valence-corrected chi connectivity index (χ2v) is 10.2. The van der Waals surface area contributed by atoms with Gasteiger partial charge in [0.15, 0.2) is 11.5 Å². The highest BCUT2D eigenvalue weighted by atomic mass is 79.9. The Morgan fingerprint density at radius 2 is 1.81 bits per heavy atom. The molecule has 37 heavy (non-hydrogen) atoms. The Hall–Kier alpha value is -3.16. The average Bonchev–Trinajstić information content (AvgIpc) is 3.54. The SMILES string of the molecule is CCCCn1c(CN(CCc2ccccc2Br)Cc2ccc3c(c2)OCO3)cnc1-c1ccc(F)cc1. The van der Waals surface area contributed by atoms with E-state index in [9.17, 15) is 4.39 Å². The zero-order chi connectivity index (χ0) is 25.6. The van der Waals surface area contributed by atoms with Crippen molar-refractivity contribution >= 4 is 15.9 Å². The van der Waals surface area contributed by atoms with Crippen LogP contribution in [0, 0.1) is 5.82 Å². The van der Waals surface area contributed by atoms with E-state index in [1.165, 1.54) is 23.3 Å². The number of aromatic nitrogens is 2. The molecule has 0 fully saturated rings. The van der Waals surface area contributed by atoms with Crippen molar-refractivity contribution in [1.29, 1.82) is 0 Å². The molecule has 192 valence electrons. The summed E-state index contributed by atoms with van der Waals surface area (Å²) < 4.78 is 28.1. The number of rotatable bonds is 11. The first kappa shape index (κ1) is 25.5. The van der Waals surface area contributed by atoms with Gasteiger partial charge >= 0.3 is 0 Å². The van der Waals surface area contributed by atoms with E-state index in [1.54, 1.807) is 12.1 Å². The number of fused-ring (bicyclic) bond motifs is 1. The van der Waals surface area contributed by atoms with Gasteiger partial charge in [-0.2, -0.15) is 0 Å². The molecule has 0 amide bonds. The number of imidazole rings is 1. The molecule has 1 aliphatic heterocycles. The van der Waals surface area contributed by atoms with Gasteiger partial charge in [0.1, 0.15) is 11.6 Å². The summed E-state index contributed by atoms with van der Waals surface area (Å²) in [6, 6.07) is 21.2. The van der Waals surface area contributed by atoms with Gasteiger partial charge in [0, 0.05) is 36.2 Å². The van der Waals surface area contributed by atoms with Crippen molar-refractivity contribution in [3.05, 3.63) is 100 Å². The predicted octanol–water partition coefficient (Wildman–Crippen LogP) is 7.23. The molecule has 0 bridgehead atoms. The highest BCUT2D eigenvalue weighted by Gasteiger charge is 2.18. The summed E-state index contributed by atoms with van der Waals surface area (Å²) in [6.07, 6.45) is 5.03. The monoisotopic (exact) mass is 563 g/mol. The van der Waals surface area contributed by atoms with Crippen molar-refractivity contribution in [2.24, 2.45) is 0 Å². The zero-order valence-corrected chi connectivity index (χ0v) is 22.6. The Kier molecular flexibility index (Phi) is 8.21. The minimum atomic E-state index is -0.238. The van der Waals surface area contributed by atoms with Gasteiger partial charge in [-0.15, -0.1) is 0 Å². The number of nitrogens with zero attached hydrogens (tertiary/aromatic N) is 3. The van der Waals surface area contributed by atoms with Crippen LogP contribution in [-0.2, 0) is 26.1 Å². The molecule has 1 aliphatic rings. The Morgan fingerprint density at radius 1 is 1.00 bits per heavy atom. The second-order valence-electron chi connectivity index (χ2n) is 9.32. The van der Waals surface area contributed by atoms with Crippen LogP contribution in [-0.4, -0.2) is 27.8 Å². The van der Waals surface area contributed by atoms with Gasteiger partial charge in [-0.3, -0.25) is 4.90 Å². The van der Waals surface area contributed by atoms with Crippen molar-refractivity contribution in [2.75, 3.05) is 13.3 Å². The first-order valence-electron chi connectivity index (χ1n) is 12.8. The van der Waals surface area contributed by atoms with Gasteiger partial charge in [0.05, 0.1) is 11.9 Å². The van der Waals surface area contributed by atoms with E-state index in [1.807, 2.05) is 18.3 Å². The number of unbranched alkanes of at least 4 members (excludes halogenated alkanes) is 1. The van der Waals surface area contributed by atoms with Crippen molar-refractivity contribution < 1.29 is 13.9 Å². The van der Waals surface area contributed by atoms with Gasteiger partial charge in [0.25, 0.3) is 0 Å². The fourth-order valence-electron chi connectivity index (χ4n) is 4.65. The lowest BCUT2D eigenvalue weighted by Gasteiger charge is -2.24. The first-order valence-corrected chi connectivity index (χ1v) is 13.5. The van der Waals surface area contributed by atoms with Crippen molar-refractivity contribution in [1.82, 2.24) is 14.5 Å². The lowest BCUT2D eigenvalue weighted by atomic mass is 10.1. The maximum Gasteiger partial charge on any atom is 0.231 e. The molecule has 3 aromatic carbocycles. The highest BCUT2D eigenvalue weighted by molar-refractivity contribution is 9.10. The molecular weight excluding hydrogens is 533 g/mol. The molecule has 5 rings (SSSR count). The van der Waals surface area contributed by atoms with Crippen LogP contribution >= 0.6 is 15.9 Å². The molecule has 7 heteroatoms. The fraction of sp³-hybridized carbons (Fsp3) is 0.300. The Bertz CT molecular complexity index is 1340. The third-order valence-corrected chi connectivity index (χ3v) is 7.43. The van der Waals surface area contributed by atoms with Crippen LogP contribution in [0.4, 0.5) is 4.39 Å². The van der Waals surface area contributed by atoms with Gasteiger partial charge in [0.2, 0.25) is 6.79 Å². The minimum absolute atomic E-state index is 0.238. The molecule has 0 spiro atoms. The van der Waals surface area contributed by atoms with Gasteiger partial charge in [-0.05, 0) is 66.4 Å². The predicted molar refractivity (Wildman–Crippen MR) is 147 cm³/mol. The van der Waals surface area contributed by atoms with E-state index in [-0.39, 0.29) is 12.6 Å². The number of hydrogen-bond acceptors (Lipinski definition) is 4. The normalized spacial score (nSPS) is 12.4. The molecular formula is C30H31BrFN3O2. The van der Waals surface area contributed by atoms with Crippen molar-refractivity contribution in [3.63, 3.8) is 0 Å². The highest BCUT2D eigenvalue weighted by Crippen LogP contribution is 2.33. The Labute approximate surface area is 226 Å². The summed E-state index contributed by atoms with van der Waals surface area (Å²) in [5.41, 5.74) is 4.54. The fourth-order valence-corrected chi connectivity index (χ4v) is 5.14. The van der Waals surface area contributed by atoms with Gasteiger partial charge in [-0.25, -0.2) is 9.37 Å². The third kappa shape index (κ3) is 6.22. The van der Waals surface area contributed by atoms with Crippen LogP contribution in [0.3, 0.4) is 0 Å². The number of hydrogen-bond donors (Lipinski definition) is 0. The number of benzene rings is 3. The van der Waals surface area contributed by atoms with E-state index in [0.717, 1.165) is 78.5 Å². The lowest BCUT2D eigenvalue weighted by molar-refractivity contribution is 0.174. The summed E-state index contributed by atoms with van der Waals surface area (Å²) in [4.78, 5) is 7.23. The van der Waals surface area contributed by atoms with E-state index >= 15 is 0 Å². The largest absolute Gasteiger partial charge is 0.454 e. The summed E-state index contributed by atoms with van der Waals surface area (Å²) in [6.45, 7) is 5.73. The summed E-state index contributed by atoms with van der Waals surface area (Å²) in [5, 5.41) is 0. The van der Waals surface area contributed by atoms with E-state index < -0.39 is 0 Å². The maximum atomic E-state index is 13.6. The van der Waals surface area contributed by atoms with Crippen molar-refractivity contribution in [3.8, 4) is 22.9 Å². The average molecular weight is 564 g/mol. The van der Waals surface area contributed by atoms with Gasteiger partial charge < -0.3 is 14.0 Å². The van der Waals surface area contributed by atoms with Crippen LogP contribution in [0.15, 0.2) is 77.4 Å². The molecule has 0 radical (unpaired) electrons. The molecule has 0 N–H and O–H groups in total. The van der Waals surface area contributed by atoms with Crippen LogP contribution in [0.1, 0.15) is 36.6 Å². The summed E-state index contributed by atoms with van der Waals surface area (Å²) in [5.74, 6) is 2.25. The van der Waals surface area contributed by atoms with E-state index in [4.69, 9.17) is 14.5 Å². The molecule has 4 aromatic rings. The summed E-state index contributed by atoms with van der Waals surface area (Å²) in [7, 11) is 0. The van der Waals surface area contributed by atoms with Crippen LogP contribution < -0.4 is 9.47 Å². The zero-order valence-electron chi connectivity index (χ0n) is 21.0. The topological polar surface area (TPSA) is 39.5 Å². The molecule has 5 nitrogen and oxygen atoms in total. The quantitative estimate of drug-likeness (QED) is 0.193. The standard InChI is InChI=1S/C30H31BrFN3O2/c1-2-3-15-35-26(18-33-30(35)24-9-11-25(32)12-10-24)20-34(16-14-23-6-4-5-7-27(23)31)19-22-8-13-28-29(17-22)37-21-36-28/h4-13,17-18H,2-3,14-16,19-21H2,1H3. The molecule has 0 aliphatic carbocycles. The Morgan fingerprint density at radius 3 is 2.62 bits per heavy atom. The maximum absolute atomic E-state index is 13.6. The van der Waals surface area contributed by atoms with E-state index in [0.29, 0.717) is 0 Å². The molecule has 0 unspecified atom stereocenters. The smallest absolute Gasteiger partial charge is 0.231 e. The Balaban J connectivity index is 1.42. The number of ether oxygens (including phenoxy) is 2. The van der Waals surface area contributed by atoms with E-state index in [2.05, 4.69) is 62.7 Å². The molecule has 2 heterocycles. The lowest BCUT2D eigenvalue weighted by Crippen LogP contribution is -2.27. The molecule has 0 saturated carbocycles. The molecule has 0 atom stereocenters. The number of halogens is 2. The first-order chi connectivity index (χ1) is 18.1. The second kappa shape index (κ2) is 11.9. The van der Waals surface area contributed by atoms with Crippen molar-refractivity contribution in [2.45, 2.75) is 45.8 Å². The molecule has 0 saturated heterocycles. The molecule has 1 aromatic heterocycles. The van der Waals surface area contributed by atoms with Gasteiger partial charge in [-0.1, -0.05) is 53.5 Å². The summed E-state index contributed by atoms with van der Waals surface area (Å²) >= 11 is 3.70. The third-order valence-electron chi connectivity index (χ3n) is 6.66.